The monoisotopic (exact) mass is 287 g/mol. The highest BCUT2D eigenvalue weighted by Gasteiger charge is 2.16. The van der Waals surface area contributed by atoms with Gasteiger partial charge in [0.2, 0.25) is 0 Å². The summed E-state index contributed by atoms with van der Waals surface area (Å²) in [4.78, 5) is 7.03. The van der Waals surface area contributed by atoms with Crippen molar-refractivity contribution in [2.45, 2.75) is 26.4 Å². The predicted molar refractivity (Wildman–Crippen MR) is 88.9 cm³/mol. The van der Waals surface area contributed by atoms with E-state index in [9.17, 15) is 0 Å². The first-order chi connectivity index (χ1) is 10.2. The lowest BCUT2D eigenvalue weighted by Crippen LogP contribution is -2.34. The van der Waals surface area contributed by atoms with Crippen LogP contribution in [-0.2, 0) is 11.3 Å². The molecule has 0 aliphatic heterocycles. The third kappa shape index (κ3) is 3.52. The van der Waals surface area contributed by atoms with Crippen LogP contribution < -0.4 is 10.2 Å². The normalized spacial score (nSPS) is 11.3. The molecular weight excluding hydrogens is 262 g/mol. The summed E-state index contributed by atoms with van der Waals surface area (Å²) in [5.74, 6) is 1.04. The van der Waals surface area contributed by atoms with E-state index in [0.717, 1.165) is 18.9 Å². The van der Waals surface area contributed by atoms with Crippen molar-refractivity contribution in [1.82, 2.24) is 10.3 Å². The van der Waals surface area contributed by atoms with Crippen molar-refractivity contribution in [3.05, 3.63) is 36.0 Å². The second-order valence-corrected chi connectivity index (χ2v) is 5.46. The summed E-state index contributed by atoms with van der Waals surface area (Å²) in [7, 11) is 3.70. The van der Waals surface area contributed by atoms with Crippen LogP contribution in [-0.4, -0.2) is 38.3 Å². The smallest absolute Gasteiger partial charge is 0.136 e. The molecule has 4 nitrogen and oxygen atoms in total. The van der Waals surface area contributed by atoms with E-state index in [1.807, 2.05) is 13.2 Å². The molecule has 0 fully saturated rings. The molecule has 0 amide bonds. The number of rotatable bonds is 7. The van der Waals surface area contributed by atoms with Crippen molar-refractivity contribution in [1.29, 1.82) is 0 Å². The standard InChI is InChI=1S/C17H25N3O/c1-13(2)20(9-10-21-4)17-16-8-6-5-7-15(16)14(11-18-3)12-19-17/h5-8,12-13,18H,9-11H2,1-4H3. The molecule has 0 saturated carbocycles. The van der Waals surface area contributed by atoms with E-state index in [4.69, 9.17) is 9.72 Å². The van der Waals surface area contributed by atoms with Gasteiger partial charge in [-0.2, -0.15) is 0 Å². The van der Waals surface area contributed by atoms with Crippen molar-refractivity contribution in [3.63, 3.8) is 0 Å². The predicted octanol–water partition coefficient (Wildman–Crippen LogP) is 2.82. The van der Waals surface area contributed by atoms with Gasteiger partial charge < -0.3 is 15.0 Å². The van der Waals surface area contributed by atoms with Gasteiger partial charge in [0.05, 0.1) is 6.61 Å². The Labute approximate surface area is 127 Å². The molecule has 1 aromatic heterocycles. The molecule has 114 valence electrons. The highest BCUT2D eigenvalue weighted by atomic mass is 16.5. The van der Waals surface area contributed by atoms with E-state index in [0.29, 0.717) is 12.6 Å². The van der Waals surface area contributed by atoms with Gasteiger partial charge in [-0.3, -0.25) is 0 Å². The molecular formula is C17H25N3O. The van der Waals surface area contributed by atoms with Crippen LogP contribution in [0.1, 0.15) is 19.4 Å². The van der Waals surface area contributed by atoms with E-state index < -0.39 is 0 Å². The Kier molecular flexibility index (Phi) is 5.53. The minimum Gasteiger partial charge on any atom is -0.383 e. The van der Waals surface area contributed by atoms with Gasteiger partial charge in [-0.25, -0.2) is 4.98 Å². The maximum atomic E-state index is 5.24. The number of pyridine rings is 1. The number of fused-ring (bicyclic) bond motifs is 1. The average molecular weight is 287 g/mol. The zero-order chi connectivity index (χ0) is 15.2. The molecule has 1 aromatic carbocycles. The highest BCUT2D eigenvalue weighted by Crippen LogP contribution is 2.28. The fraction of sp³-hybridized carbons (Fsp3) is 0.471. The lowest BCUT2D eigenvalue weighted by atomic mass is 10.1. The maximum absolute atomic E-state index is 5.24. The molecule has 4 heteroatoms. The highest BCUT2D eigenvalue weighted by molar-refractivity contribution is 5.94. The first kappa shape index (κ1) is 15.7. The fourth-order valence-corrected chi connectivity index (χ4v) is 2.59. The number of methoxy groups -OCH3 is 1. The molecule has 0 aliphatic rings. The summed E-state index contributed by atoms with van der Waals surface area (Å²) in [5.41, 5.74) is 1.23. The summed E-state index contributed by atoms with van der Waals surface area (Å²) in [6.45, 7) is 6.75. The molecule has 0 spiro atoms. The van der Waals surface area contributed by atoms with E-state index >= 15 is 0 Å². The summed E-state index contributed by atoms with van der Waals surface area (Å²) in [6.07, 6.45) is 1.98. The van der Waals surface area contributed by atoms with Crippen molar-refractivity contribution in [2.24, 2.45) is 0 Å². The van der Waals surface area contributed by atoms with Gasteiger partial charge in [0.1, 0.15) is 5.82 Å². The van der Waals surface area contributed by atoms with Crippen molar-refractivity contribution in [3.8, 4) is 0 Å². The van der Waals surface area contributed by atoms with Crippen molar-refractivity contribution in [2.75, 3.05) is 32.2 Å². The van der Waals surface area contributed by atoms with Gasteiger partial charge in [0.15, 0.2) is 0 Å². The Hall–Kier alpha value is -1.65. The van der Waals surface area contributed by atoms with Gasteiger partial charge >= 0.3 is 0 Å². The minimum absolute atomic E-state index is 0.381. The molecule has 1 heterocycles. The molecule has 0 aliphatic carbocycles. The number of hydrogen-bond acceptors (Lipinski definition) is 4. The molecule has 2 aromatic rings. The van der Waals surface area contributed by atoms with Crippen LogP contribution in [0.15, 0.2) is 30.5 Å². The first-order valence-corrected chi connectivity index (χ1v) is 7.45. The number of ether oxygens (including phenoxy) is 1. The van der Waals surface area contributed by atoms with Crippen LogP contribution in [0.2, 0.25) is 0 Å². The van der Waals surface area contributed by atoms with Crippen LogP contribution in [0.25, 0.3) is 10.8 Å². The van der Waals surface area contributed by atoms with E-state index in [1.54, 1.807) is 7.11 Å². The SMILES string of the molecule is CNCc1cnc(N(CCOC)C(C)C)c2ccccc12. The Bertz CT molecular complexity index is 583. The molecule has 0 unspecified atom stereocenters. The third-order valence-corrected chi connectivity index (χ3v) is 3.66. The first-order valence-electron chi connectivity index (χ1n) is 7.45. The molecule has 1 N–H and O–H groups in total. The second-order valence-electron chi connectivity index (χ2n) is 5.46. The van der Waals surface area contributed by atoms with Gasteiger partial charge in [-0.1, -0.05) is 24.3 Å². The molecule has 21 heavy (non-hydrogen) atoms. The zero-order valence-electron chi connectivity index (χ0n) is 13.4. The largest absolute Gasteiger partial charge is 0.383 e. The third-order valence-electron chi connectivity index (χ3n) is 3.66. The van der Waals surface area contributed by atoms with E-state index in [-0.39, 0.29) is 0 Å². The summed E-state index contributed by atoms with van der Waals surface area (Å²) in [6, 6.07) is 8.86. The Morgan fingerprint density at radius 3 is 2.57 bits per heavy atom. The number of aromatic nitrogens is 1. The van der Waals surface area contributed by atoms with Crippen LogP contribution in [0, 0.1) is 0 Å². The quantitative estimate of drug-likeness (QED) is 0.849. The Morgan fingerprint density at radius 2 is 1.95 bits per heavy atom. The minimum atomic E-state index is 0.381. The van der Waals surface area contributed by atoms with Crippen LogP contribution in [0.5, 0.6) is 0 Å². The number of hydrogen-bond donors (Lipinski definition) is 1. The average Bonchev–Trinajstić information content (AvgIpc) is 2.49. The second kappa shape index (κ2) is 7.38. The van der Waals surface area contributed by atoms with Crippen LogP contribution in [0.4, 0.5) is 5.82 Å². The number of benzene rings is 1. The Morgan fingerprint density at radius 1 is 1.24 bits per heavy atom. The molecule has 0 atom stereocenters. The van der Waals surface area contributed by atoms with Gasteiger partial charge in [0, 0.05) is 37.8 Å². The summed E-state index contributed by atoms with van der Waals surface area (Å²) >= 11 is 0. The van der Waals surface area contributed by atoms with E-state index in [2.05, 4.69) is 48.3 Å². The van der Waals surface area contributed by atoms with Gasteiger partial charge in [-0.05, 0) is 31.8 Å². The Balaban J connectivity index is 2.50. The van der Waals surface area contributed by atoms with Crippen LogP contribution in [0.3, 0.4) is 0 Å². The van der Waals surface area contributed by atoms with Crippen LogP contribution >= 0.6 is 0 Å². The molecule has 0 saturated heterocycles. The van der Waals surface area contributed by atoms with Crippen molar-refractivity contribution >= 4 is 16.6 Å². The topological polar surface area (TPSA) is 37.4 Å². The number of nitrogens with zero attached hydrogens (tertiary/aromatic N) is 2. The fourth-order valence-electron chi connectivity index (χ4n) is 2.59. The number of nitrogens with one attached hydrogen (secondary N) is 1. The molecule has 0 bridgehead atoms. The van der Waals surface area contributed by atoms with Gasteiger partial charge in [-0.15, -0.1) is 0 Å². The maximum Gasteiger partial charge on any atom is 0.136 e. The lowest BCUT2D eigenvalue weighted by molar-refractivity contribution is 0.203. The number of anilines is 1. The summed E-state index contributed by atoms with van der Waals surface area (Å²) < 4.78 is 5.24. The molecule has 2 rings (SSSR count). The lowest BCUT2D eigenvalue weighted by Gasteiger charge is -2.29. The zero-order valence-corrected chi connectivity index (χ0v) is 13.4. The van der Waals surface area contributed by atoms with Crippen molar-refractivity contribution < 1.29 is 4.74 Å². The molecule has 0 radical (unpaired) electrons. The van der Waals surface area contributed by atoms with E-state index in [1.165, 1.54) is 16.3 Å². The van der Waals surface area contributed by atoms with Gasteiger partial charge in [0.25, 0.3) is 0 Å². The summed E-state index contributed by atoms with van der Waals surface area (Å²) in [5, 5.41) is 5.68.